The second-order valence-electron chi connectivity index (χ2n) is 4.30. The first-order valence-corrected chi connectivity index (χ1v) is 7.13. The summed E-state index contributed by atoms with van der Waals surface area (Å²) in [7, 11) is 0. The molecule has 1 aliphatic heterocycles. The van der Waals surface area contributed by atoms with Crippen LogP contribution in [-0.4, -0.2) is 47.7 Å². The molecule has 1 heterocycles. The van der Waals surface area contributed by atoms with Gasteiger partial charge in [0.15, 0.2) is 0 Å². The third kappa shape index (κ3) is 7.27. The van der Waals surface area contributed by atoms with Crippen LogP contribution in [-0.2, 0) is 4.79 Å². The second-order valence-corrected chi connectivity index (χ2v) is 5.34. The lowest BCUT2D eigenvalue weighted by molar-refractivity contribution is -0.131. The zero-order valence-electron chi connectivity index (χ0n) is 10.8. The minimum atomic E-state index is -4.33. The molecule has 1 N–H and O–H groups in total. The first kappa shape index (κ1) is 18.9. The standard InChI is InChI=1S/C11H19F3N2OS.ClH/c1-2-7-16(9-3-5-15-6-4-9)10(17)8-18-11(12,13)14;/h9,15H,2-8H2,1H3;1H. The average molecular weight is 321 g/mol. The quantitative estimate of drug-likeness (QED) is 0.845. The topological polar surface area (TPSA) is 32.3 Å². The van der Waals surface area contributed by atoms with E-state index in [1.165, 1.54) is 0 Å². The van der Waals surface area contributed by atoms with Gasteiger partial charge in [0, 0.05) is 12.6 Å². The van der Waals surface area contributed by atoms with E-state index in [1.807, 2.05) is 6.92 Å². The monoisotopic (exact) mass is 320 g/mol. The molecule has 0 aliphatic carbocycles. The Morgan fingerprint density at radius 1 is 1.37 bits per heavy atom. The molecule has 0 bridgehead atoms. The minimum Gasteiger partial charge on any atom is -0.339 e. The highest BCUT2D eigenvalue weighted by atomic mass is 35.5. The van der Waals surface area contributed by atoms with E-state index in [2.05, 4.69) is 5.32 Å². The van der Waals surface area contributed by atoms with Crippen LogP contribution in [0.1, 0.15) is 26.2 Å². The van der Waals surface area contributed by atoms with Gasteiger partial charge >= 0.3 is 5.51 Å². The predicted molar refractivity (Wildman–Crippen MR) is 73.7 cm³/mol. The summed E-state index contributed by atoms with van der Waals surface area (Å²) in [5.74, 6) is -0.904. The number of carbonyl (C=O) groups excluding carboxylic acids is 1. The minimum absolute atomic E-state index is 0. The maximum Gasteiger partial charge on any atom is 0.442 e. The number of nitrogens with zero attached hydrogens (tertiary/aromatic N) is 1. The number of nitrogens with one attached hydrogen (secondary N) is 1. The Morgan fingerprint density at radius 3 is 2.42 bits per heavy atom. The van der Waals surface area contributed by atoms with Crippen LogP contribution in [0.15, 0.2) is 0 Å². The van der Waals surface area contributed by atoms with E-state index in [0.29, 0.717) is 6.54 Å². The number of halogens is 4. The summed E-state index contributed by atoms with van der Waals surface area (Å²) in [6.45, 7) is 4.12. The van der Waals surface area contributed by atoms with Gasteiger partial charge in [-0.25, -0.2) is 0 Å². The first-order chi connectivity index (χ1) is 8.44. The zero-order chi connectivity index (χ0) is 13.6. The molecule has 19 heavy (non-hydrogen) atoms. The molecule has 0 atom stereocenters. The van der Waals surface area contributed by atoms with Crippen LogP contribution in [0, 0.1) is 0 Å². The molecule has 3 nitrogen and oxygen atoms in total. The fourth-order valence-corrected chi connectivity index (χ4v) is 2.55. The van der Waals surface area contributed by atoms with E-state index >= 15 is 0 Å². The van der Waals surface area contributed by atoms with E-state index in [1.54, 1.807) is 4.90 Å². The number of rotatable bonds is 5. The molecule has 0 unspecified atom stereocenters. The molecule has 0 aromatic carbocycles. The van der Waals surface area contributed by atoms with Gasteiger partial charge in [-0.15, -0.1) is 12.4 Å². The Bertz CT molecular complexity index is 273. The number of piperidine rings is 1. The molecule has 1 amide bonds. The summed E-state index contributed by atoms with van der Waals surface area (Å²) in [4.78, 5) is 13.5. The van der Waals surface area contributed by atoms with Gasteiger partial charge in [-0.3, -0.25) is 4.79 Å². The summed E-state index contributed by atoms with van der Waals surface area (Å²) >= 11 is -0.247. The lowest BCUT2D eigenvalue weighted by Gasteiger charge is -2.34. The Kier molecular flexibility index (Phi) is 8.85. The van der Waals surface area contributed by atoms with Crippen molar-refractivity contribution < 1.29 is 18.0 Å². The van der Waals surface area contributed by atoms with E-state index in [9.17, 15) is 18.0 Å². The number of thioether (sulfide) groups is 1. The third-order valence-electron chi connectivity index (χ3n) is 2.89. The molecular formula is C11H20ClF3N2OS. The van der Waals surface area contributed by atoms with Crippen molar-refractivity contribution in [2.24, 2.45) is 0 Å². The highest BCUT2D eigenvalue weighted by Crippen LogP contribution is 2.30. The smallest absolute Gasteiger partial charge is 0.339 e. The second kappa shape index (κ2) is 8.92. The summed E-state index contributed by atoms with van der Waals surface area (Å²) in [5.41, 5.74) is -4.33. The molecule has 0 spiro atoms. The van der Waals surface area contributed by atoms with Crippen LogP contribution in [0.2, 0.25) is 0 Å². The lowest BCUT2D eigenvalue weighted by Crippen LogP contribution is -2.47. The summed E-state index contributed by atoms with van der Waals surface area (Å²) in [6, 6.07) is 0.0903. The SMILES string of the molecule is CCCN(C(=O)CSC(F)(F)F)C1CCNCC1.Cl. The van der Waals surface area contributed by atoms with E-state index in [4.69, 9.17) is 0 Å². The van der Waals surface area contributed by atoms with Crippen molar-refractivity contribution in [2.75, 3.05) is 25.4 Å². The normalized spacial score (nSPS) is 16.8. The fraction of sp³-hybridized carbons (Fsp3) is 0.909. The lowest BCUT2D eigenvalue weighted by atomic mass is 10.0. The summed E-state index contributed by atoms with van der Waals surface area (Å²) in [5, 5.41) is 3.18. The number of alkyl halides is 3. The van der Waals surface area contributed by atoms with Gasteiger partial charge in [0.1, 0.15) is 0 Å². The van der Waals surface area contributed by atoms with Gasteiger partial charge in [-0.05, 0) is 44.1 Å². The molecule has 114 valence electrons. The maximum absolute atomic E-state index is 12.1. The molecule has 1 aliphatic rings. The molecule has 1 fully saturated rings. The zero-order valence-corrected chi connectivity index (χ0v) is 12.5. The molecular weight excluding hydrogens is 301 g/mol. The van der Waals surface area contributed by atoms with Gasteiger partial charge in [0.25, 0.3) is 0 Å². The highest BCUT2D eigenvalue weighted by molar-refractivity contribution is 8.00. The van der Waals surface area contributed by atoms with Gasteiger partial charge in [0.2, 0.25) is 5.91 Å². The number of amides is 1. The van der Waals surface area contributed by atoms with Crippen molar-refractivity contribution >= 4 is 30.1 Å². The fourth-order valence-electron chi connectivity index (χ4n) is 2.10. The Balaban J connectivity index is 0.00000324. The highest BCUT2D eigenvalue weighted by Gasteiger charge is 2.32. The van der Waals surface area contributed by atoms with Crippen molar-refractivity contribution in [3.8, 4) is 0 Å². The summed E-state index contributed by atoms with van der Waals surface area (Å²) < 4.78 is 36.3. The molecule has 0 aromatic heterocycles. The average Bonchev–Trinajstić information content (AvgIpc) is 2.33. The maximum atomic E-state index is 12.1. The molecule has 0 aromatic rings. The Morgan fingerprint density at radius 2 is 1.95 bits per heavy atom. The van der Waals surface area contributed by atoms with Gasteiger partial charge in [0.05, 0.1) is 5.75 Å². The van der Waals surface area contributed by atoms with Crippen LogP contribution in [0.25, 0.3) is 0 Å². The largest absolute Gasteiger partial charge is 0.442 e. The molecule has 1 saturated heterocycles. The third-order valence-corrected chi connectivity index (χ3v) is 3.61. The van der Waals surface area contributed by atoms with Gasteiger partial charge < -0.3 is 10.2 Å². The molecule has 0 radical (unpaired) electrons. The van der Waals surface area contributed by atoms with Crippen LogP contribution in [0.4, 0.5) is 13.2 Å². The Hall–Kier alpha value is -0.140. The van der Waals surface area contributed by atoms with Crippen molar-refractivity contribution in [3.05, 3.63) is 0 Å². The molecule has 1 rings (SSSR count). The summed E-state index contributed by atoms with van der Waals surface area (Å²) in [6.07, 6.45) is 2.41. The van der Waals surface area contributed by atoms with Crippen LogP contribution in [0.3, 0.4) is 0 Å². The van der Waals surface area contributed by atoms with E-state index < -0.39 is 17.2 Å². The van der Waals surface area contributed by atoms with Crippen molar-refractivity contribution in [2.45, 2.75) is 37.7 Å². The van der Waals surface area contributed by atoms with Crippen molar-refractivity contribution in [3.63, 3.8) is 0 Å². The van der Waals surface area contributed by atoms with Gasteiger partial charge in [-0.1, -0.05) is 6.92 Å². The van der Waals surface area contributed by atoms with E-state index in [0.717, 1.165) is 32.4 Å². The number of hydrogen-bond acceptors (Lipinski definition) is 3. The number of hydrogen-bond donors (Lipinski definition) is 1. The van der Waals surface area contributed by atoms with Crippen molar-refractivity contribution in [1.82, 2.24) is 10.2 Å². The number of carbonyl (C=O) groups is 1. The van der Waals surface area contributed by atoms with Crippen LogP contribution >= 0.6 is 24.2 Å². The molecule has 0 saturated carbocycles. The van der Waals surface area contributed by atoms with Gasteiger partial charge in [-0.2, -0.15) is 13.2 Å². The Labute approximate surface area is 122 Å². The van der Waals surface area contributed by atoms with Crippen molar-refractivity contribution in [1.29, 1.82) is 0 Å². The predicted octanol–water partition coefficient (Wildman–Crippen LogP) is 2.65. The first-order valence-electron chi connectivity index (χ1n) is 6.15. The van der Waals surface area contributed by atoms with Crippen LogP contribution < -0.4 is 5.32 Å². The van der Waals surface area contributed by atoms with Crippen LogP contribution in [0.5, 0.6) is 0 Å². The van der Waals surface area contributed by atoms with E-state index in [-0.39, 0.29) is 30.2 Å². The molecule has 8 heteroatoms.